The van der Waals surface area contributed by atoms with E-state index in [1.165, 1.54) is 12.8 Å². The second kappa shape index (κ2) is 6.01. The van der Waals surface area contributed by atoms with Crippen molar-refractivity contribution in [1.82, 2.24) is 0 Å². The predicted octanol–water partition coefficient (Wildman–Crippen LogP) is 2.10. The maximum Gasteiger partial charge on any atom is 0.247 e. The van der Waals surface area contributed by atoms with Crippen LogP contribution in [0.3, 0.4) is 0 Å². The van der Waals surface area contributed by atoms with Crippen LogP contribution in [-0.2, 0) is 9.53 Å². The molecular formula is C10H13ClO2. The third-order valence-corrected chi connectivity index (χ3v) is 2.04. The number of hydrogen-bond donors (Lipinski definition) is 0. The molecule has 0 bridgehead atoms. The molecule has 0 fully saturated rings. The van der Waals surface area contributed by atoms with Gasteiger partial charge >= 0.3 is 0 Å². The first-order valence-corrected chi connectivity index (χ1v) is 4.95. The van der Waals surface area contributed by atoms with E-state index in [0.717, 1.165) is 19.3 Å². The summed E-state index contributed by atoms with van der Waals surface area (Å²) in [4.78, 5) is 10.4. The molecule has 0 spiro atoms. The summed E-state index contributed by atoms with van der Waals surface area (Å²) in [5.41, 5.74) is 0. The van der Waals surface area contributed by atoms with Crippen LogP contribution >= 0.6 is 11.6 Å². The molecular weight excluding hydrogens is 188 g/mol. The molecule has 13 heavy (non-hydrogen) atoms. The lowest BCUT2D eigenvalue weighted by atomic mass is 10.1. The van der Waals surface area contributed by atoms with Gasteiger partial charge in [-0.3, -0.25) is 4.79 Å². The third-order valence-electron chi connectivity index (χ3n) is 1.93. The summed E-state index contributed by atoms with van der Waals surface area (Å²) in [5.74, 6) is 6.03. The van der Waals surface area contributed by atoms with Gasteiger partial charge in [0.05, 0.1) is 0 Å². The van der Waals surface area contributed by atoms with Crippen LogP contribution in [0.5, 0.6) is 0 Å². The Morgan fingerprint density at radius 2 is 2.31 bits per heavy atom. The van der Waals surface area contributed by atoms with Crippen molar-refractivity contribution >= 4 is 16.8 Å². The second-order valence-corrected chi connectivity index (χ2v) is 3.50. The Morgan fingerprint density at radius 3 is 3.08 bits per heavy atom. The number of halogens is 1. The van der Waals surface area contributed by atoms with Crippen molar-refractivity contribution in [3.63, 3.8) is 0 Å². The Hall–Kier alpha value is -0.520. The molecule has 0 radical (unpaired) electrons. The average molecular weight is 201 g/mol. The number of rotatable bonds is 3. The quantitative estimate of drug-likeness (QED) is 0.515. The van der Waals surface area contributed by atoms with E-state index in [9.17, 15) is 4.79 Å². The van der Waals surface area contributed by atoms with Crippen molar-refractivity contribution in [2.24, 2.45) is 0 Å². The maximum absolute atomic E-state index is 10.4. The van der Waals surface area contributed by atoms with Crippen molar-refractivity contribution in [3.05, 3.63) is 0 Å². The van der Waals surface area contributed by atoms with Crippen molar-refractivity contribution in [2.75, 3.05) is 6.61 Å². The Kier molecular flexibility index (Phi) is 4.88. The number of carbonyl (C=O) groups excluding carboxylic acids is 1. The molecule has 1 atom stereocenters. The van der Waals surface area contributed by atoms with Crippen molar-refractivity contribution in [1.29, 1.82) is 0 Å². The van der Waals surface area contributed by atoms with Crippen LogP contribution in [0.1, 0.15) is 32.1 Å². The number of hydrogen-bond acceptors (Lipinski definition) is 2. The van der Waals surface area contributed by atoms with Gasteiger partial charge in [0.1, 0.15) is 12.7 Å². The van der Waals surface area contributed by atoms with Gasteiger partial charge < -0.3 is 4.74 Å². The fraction of sp³-hybridized carbons (Fsp3) is 0.700. The molecule has 0 aliphatic heterocycles. The van der Waals surface area contributed by atoms with E-state index >= 15 is 0 Å². The molecule has 0 heterocycles. The first kappa shape index (κ1) is 10.6. The monoisotopic (exact) mass is 200 g/mol. The van der Waals surface area contributed by atoms with E-state index in [-0.39, 0.29) is 12.7 Å². The third kappa shape index (κ3) is 4.92. The van der Waals surface area contributed by atoms with Gasteiger partial charge in [0.2, 0.25) is 5.24 Å². The molecule has 2 nitrogen and oxygen atoms in total. The molecule has 1 unspecified atom stereocenters. The summed E-state index contributed by atoms with van der Waals surface area (Å²) in [5, 5.41) is -0.455. The largest absolute Gasteiger partial charge is 0.356 e. The zero-order valence-corrected chi connectivity index (χ0v) is 8.27. The standard InChI is InChI=1S/C10H13ClO2/c11-10(12)8-13-9-6-4-2-1-3-5-7-9/h9H,1-4,6,8H2. The fourth-order valence-corrected chi connectivity index (χ4v) is 1.33. The van der Waals surface area contributed by atoms with Gasteiger partial charge in [0, 0.05) is 6.42 Å². The van der Waals surface area contributed by atoms with Crippen molar-refractivity contribution < 1.29 is 9.53 Å². The van der Waals surface area contributed by atoms with E-state index in [2.05, 4.69) is 11.8 Å². The molecule has 0 amide bonds. The molecule has 0 aromatic rings. The van der Waals surface area contributed by atoms with Crippen LogP contribution in [0.15, 0.2) is 0 Å². The highest BCUT2D eigenvalue weighted by Gasteiger charge is 2.08. The van der Waals surface area contributed by atoms with E-state index in [1.807, 2.05) is 0 Å². The molecule has 0 aromatic heterocycles. The van der Waals surface area contributed by atoms with E-state index in [1.54, 1.807) is 0 Å². The average Bonchev–Trinajstić information content (AvgIpc) is 2.01. The second-order valence-electron chi connectivity index (χ2n) is 3.08. The minimum absolute atomic E-state index is 0.0269. The van der Waals surface area contributed by atoms with E-state index < -0.39 is 5.24 Å². The highest BCUT2D eigenvalue weighted by Crippen LogP contribution is 2.10. The first-order valence-electron chi connectivity index (χ1n) is 4.57. The Labute approximate surface area is 83.6 Å². The van der Waals surface area contributed by atoms with Crippen LogP contribution in [-0.4, -0.2) is 18.0 Å². The molecule has 1 rings (SSSR count). The number of ether oxygens (including phenoxy) is 1. The Bertz CT molecular complexity index is 227. The molecule has 1 aliphatic rings. The summed E-state index contributed by atoms with van der Waals surface area (Å²) < 4.78 is 5.22. The normalized spacial score (nSPS) is 22.4. The van der Waals surface area contributed by atoms with Gasteiger partial charge in [0.15, 0.2) is 0 Å². The molecule has 1 aliphatic carbocycles. The number of carbonyl (C=O) groups is 1. The molecule has 3 heteroatoms. The summed E-state index contributed by atoms with van der Waals surface area (Å²) in [7, 11) is 0. The SMILES string of the molecule is O=C(Cl)COC1C#CCCCCC1. The van der Waals surface area contributed by atoms with Crippen LogP contribution in [0.4, 0.5) is 0 Å². The summed E-state index contributed by atoms with van der Waals surface area (Å²) in [6.45, 7) is -0.0269. The van der Waals surface area contributed by atoms with Crippen molar-refractivity contribution in [2.45, 2.75) is 38.2 Å². The molecule has 0 aromatic carbocycles. The highest BCUT2D eigenvalue weighted by atomic mass is 35.5. The van der Waals surface area contributed by atoms with Gasteiger partial charge in [-0.15, -0.1) is 5.92 Å². The zero-order valence-electron chi connectivity index (χ0n) is 7.51. The highest BCUT2D eigenvalue weighted by molar-refractivity contribution is 6.63. The lowest BCUT2D eigenvalue weighted by Gasteiger charge is -2.11. The summed E-state index contributed by atoms with van der Waals surface area (Å²) >= 11 is 5.16. The van der Waals surface area contributed by atoms with Gasteiger partial charge in [-0.2, -0.15) is 0 Å². The van der Waals surface area contributed by atoms with Gasteiger partial charge in [-0.1, -0.05) is 12.3 Å². The minimum atomic E-state index is -0.455. The zero-order chi connectivity index (χ0) is 9.52. The summed E-state index contributed by atoms with van der Waals surface area (Å²) in [6, 6.07) is 0. The minimum Gasteiger partial charge on any atom is -0.356 e. The first-order chi connectivity index (χ1) is 6.29. The van der Waals surface area contributed by atoms with E-state index in [4.69, 9.17) is 16.3 Å². The van der Waals surface area contributed by atoms with Crippen molar-refractivity contribution in [3.8, 4) is 11.8 Å². The van der Waals surface area contributed by atoms with Crippen LogP contribution < -0.4 is 0 Å². The lowest BCUT2D eigenvalue weighted by Crippen LogP contribution is -2.15. The van der Waals surface area contributed by atoms with Gasteiger partial charge in [0.25, 0.3) is 0 Å². The molecule has 0 saturated heterocycles. The Balaban J connectivity index is 2.32. The van der Waals surface area contributed by atoms with Gasteiger partial charge in [-0.05, 0) is 30.9 Å². The smallest absolute Gasteiger partial charge is 0.247 e. The van der Waals surface area contributed by atoms with Crippen LogP contribution in [0.25, 0.3) is 0 Å². The van der Waals surface area contributed by atoms with Gasteiger partial charge in [-0.25, -0.2) is 0 Å². The van der Waals surface area contributed by atoms with E-state index in [0.29, 0.717) is 0 Å². The topological polar surface area (TPSA) is 26.3 Å². The summed E-state index contributed by atoms with van der Waals surface area (Å²) in [6.07, 6.45) is 5.25. The molecule has 0 saturated carbocycles. The lowest BCUT2D eigenvalue weighted by molar-refractivity contribution is -0.116. The molecule has 0 N–H and O–H groups in total. The predicted molar refractivity (Wildman–Crippen MR) is 51.5 cm³/mol. The fourth-order valence-electron chi connectivity index (χ4n) is 1.27. The van der Waals surface area contributed by atoms with Crippen LogP contribution in [0.2, 0.25) is 0 Å². The van der Waals surface area contributed by atoms with Crippen LogP contribution in [0, 0.1) is 11.8 Å². The molecule has 72 valence electrons. The Morgan fingerprint density at radius 1 is 1.46 bits per heavy atom. The maximum atomic E-state index is 10.4.